The van der Waals surface area contributed by atoms with Crippen LogP contribution < -0.4 is 4.74 Å². The Bertz CT molecular complexity index is 854. The predicted molar refractivity (Wildman–Crippen MR) is 106 cm³/mol. The maximum atomic E-state index is 9.13. The van der Waals surface area contributed by atoms with Crippen LogP contribution in [0.2, 0.25) is 0 Å². The van der Waals surface area contributed by atoms with Crippen LogP contribution in [0.5, 0.6) is 5.75 Å². The van der Waals surface area contributed by atoms with E-state index in [-0.39, 0.29) is 6.61 Å². The Morgan fingerprint density at radius 2 is 1.88 bits per heavy atom. The van der Waals surface area contributed by atoms with E-state index in [4.69, 9.17) is 14.8 Å². The molecule has 138 valence electrons. The predicted octanol–water partition coefficient (Wildman–Crippen LogP) is 4.44. The maximum Gasteiger partial charge on any atom is 0.122 e. The molecule has 0 bridgehead atoms. The molecule has 0 radical (unpaired) electrons. The van der Waals surface area contributed by atoms with Crippen LogP contribution in [0, 0.1) is 13.8 Å². The number of para-hydroxylation sites is 2. The Morgan fingerprint density at radius 1 is 1.04 bits per heavy atom. The standard InChI is InChI=1S/C22H28N2O2/c1-17-11-12-21(18(2)16-17)26-15-6-5-13-24-20-9-4-3-8-19(20)23-22(24)10-7-14-25/h3-4,8-9,11-12,16,25H,5-7,10,13-15H2,1-2H3. The molecule has 0 aliphatic heterocycles. The Labute approximate surface area is 155 Å². The second-order valence-corrected chi connectivity index (χ2v) is 6.82. The number of aromatic nitrogens is 2. The van der Waals surface area contributed by atoms with Gasteiger partial charge in [0.1, 0.15) is 11.6 Å². The van der Waals surface area contributed by atoms with Gasteiger partial charge in [0.25, 0.3) is 0 Å². The van der Waals surface area contributed by atoms with Crippen molar-refractivity contribution in [2.24, 2.45) is 0 Å². The van der Waals surface area contributed by atoms with Gasteiger partial charge in [0.15, 0.2) is 0 Å². The number of nitrogens with zero attached hydrogens (tertiary/aromatic N) is 2. The number of unbranched alkanes of at least 4 members (excludes halogenated alkanes) is 1. The summed E-state index contributed by atoms with van der Waals surface area (Å²) in [5.41, 5.74) is 4.66. The van der Waals surface area contributed by atoms with Crippen LogP contribution in [0.4, 0.5) is 0 Å². The van der Waals surface area contributed by atoms with E-state index in [0.29, 0.717) is 0 Å². The summed E-state index contributed by atoms with van der Waals surface area (Å²) in [6.45, 7) is 6.04. The number of rotatable bonds is 9. The van der Waals surface area contributed by atoms with Gasteiger partial charge in [-0.05, 0) is 56.9 Å². The highest BCUT2D eigenvalue weighted by Gasteiger charge is 2.09. The molecule has 4 heteroatoms. The minimum atomic E-state index is 0.201. The molecular formula is C22H28N2O2. The smallest absolute Gasteiger partial charge is 0.122 e. The van der Waals surface area contributed by atoms with E-state index >= 15 is 0 Å². The molecule has 0 spiro atoms. The molecule has 2 aromatic carbocycles. The average Bonchev–Trinajstić information content (AvgIpc) is 2.99. The first-order valence-corrected chi connectivity index (χ1v) is 9.44. The SMILES string of the molecule is Cc1ccc(OCCCCn2c(CCCO)nc3ccccc32)c(C)c1. The fourth-order valence-electron chi connectivity index (χ4n) is 3.32. The maximum absolute atomic E-state index is 9.13. The molecular weight excluding hydrogens is 324 g/mol. The van der Waals surface area contributed by atoms with Gasteiger partial charge in [0.2, 0.25) is 0 Å². The third kappa shape index (κ3) is 4.44. The van der Waals surface area contributed by atoms with Crippen LogP contribution in [0.3, 0.4) is 0 Å². The van der Waals surface area contributed by atoms with E-state index in [2.05, 4.69) is 54.8 Å². The summed E-state index contributed by atoms with van der Waals surface area (Å²) >= 11 is 0. The molecule has 1 heterocycles. The lowest BCUT2D eigenvalue weighted by atomic mass is 10.1. The van der Waals surface area contributed by atoms with E-state index < -0.39 is 0 Å². The second-order valence-electron chi connectivity index (χ2n) is 6.82. The van der Waals surface area contributed by atoms with Gasteiger partial charge in [-0.3, -0.25) is 0 Å². The number of benzene rings is 2. The van der Waals surface area contributed by atoms with Crippen molar-refractivity contribution in [2.45, 2.75) is 46.1 Å². The first-order valence-electron chi connectivity index (χ1n) is 9.44. The van der Waals surface area contributed by atoms with Crippen molar-refractivity contribution in [2.75, 3.05) is 13.2 Å². The van der Waals surface area contributed by atoms with E-state index in [9.17, 15) is 0 Å². The van der Waals surface area contributed by atoms with Gasteiger partial charge in [-0.2, -0.15) is 0 Å². The van der Waals surface area contributed by atoms with Crippen molar-refractivity contribution in [1.82, 2.24) is 9.55 Å². The summed E-state index contributed by atoms with van der Waals surface area (Å²) in [6, 6.07) is 14.6. The van der Waals surface area contributed by atoms with E-state index in [0.717, 1.165) is 55.9 Å². The van der Waals surface area contributed by atoms with Gasteiger partial charge >= 0.3 is 0 Å². The second kappa shape index (κ2) is 8.86. The lowest BCUT2D eigenvalue weighted by Gasteiger charge is -2.11. The van der Waals surface area contributed by atoms with Crippen LogP contribution in [0.25, 0.3) is 11.0 Å². The van der Waals surface area contributed by atoms with Gasteiger partial charge < -0.3 is 14.4 Å². The lowest BCUT2D eigenvalue weighted by Crippen LogP contribution is -2.07. The molecule has 0 atom stereocenters. The molecule has 0 fully saturated rings. The molecule has 0 amide bonds. The number of aliphatic hydroxyl groups excluding tert-OH is 1. The van der Waals surface area contributed by atoms with Crippen LogP contribution in [0.15, 0.2) is 42.5 Å². The highest BCUT2D eigenvalue weighted by Crippen LogP contribution is 2.20. The molecule has 0 aliphatic carbocycles. The minimum absolute atomic E-state index is 0.201. The number of aryl methyl sites for hydroxylation is 4. The number of imidazole rings is 1. The summed E-state index contributed by atoms with van der Waals surface area (Å²) in [6.07, 6.45) is 3.60. The Hall–Kier alpha value is -2.33. The van der Waals surface area contributed by atoms with Crippen LogP contribution in [-0.4, -0.2) is 27.9 Å². The first kappa shape index (κ1) is 18.5. The van der Waals surface area contributed by atoms with Crippen molar-refractivity contribution < 1.29 is 9.84 Å². The summed E-state index contributed by atoms with van der Waals surface area (Å²) in [7, 11) is 0. The zero-order chi connectivity index (χ0) is 18.4. The molecule has 3 rings (SSSR count). The fraction of sp³-hybridized carbons (Fsp3) is 0.409. The van der Waals surface area contributed by atoms with Crippen LogP contribution in [-0.2, 0) is 13.0 Å². The summed E-state index contributed by atoms with van der Waals surface area (Å²) < 4.78 is 8.23. The molecule has 1 N–H and O–H groups in total. The number of hydrogen-bond acceptors (Lipinski definition) is 3. The summed E-state index contributed by atoms with van der Waals surface area (Å²) in [5.74, 6) is 2.04. The number of hydrogen-bond donors (Lipinski definition) is 1. The van der Waals surface area contributed by atoms with E-state index in [1.54, 1.807) is 0 Å². The van der Waals surface area contributed by atoms with Crippen molar-refractivity contribution in [3.63, 3.8) is 0 Å². The molecule has 4 nitrogen and oxygen atoms in total. The molecule has 0 saturated heterocycles. The normalized spacial score (nSPS) is 11.2. The molecule has 0 unspecified atom stereocenters. The third-order valence-electron chi connectivity index (χ3n) is 4.66. The van der Waals surface area contributed by atoms with Crippen molar-refractivity contribution in [3.05, 3.63) is 59.4 Å². The van der Waals surface area contributed by atoms with Crippen molar-refractivity contribution >= 4 is 11.0 Å². The van der Waals surface area contributed by atoms with Gasteiger partial charge in [0, 0.05) is 19.6 Å². The average molecular weight is 352 g/mol. The topological polar surface area (TPSA) is 47.3 Å². The van der Waals surface area contributed by atoms with Gasteiger partial charge in [-0.1, -0.05) is 29.8 Å². The lowest BCUT2D eigenvalue weighted by molar-refractivity contribution is 0.286. The monoisotopic (exact) mass is 352 g/mol. The minimum Gasteiger partial charge on any atom is -0.493 e. The third-order valence-corrected chi connectivity index (χ3v) is 4.66. The van der Waals surface area contributed by atoms with Crippen LogP contribution >= 0.6 is 0 Å². The Kier molecular flexibility index (Phi) is 6.29. The summed E-state index contributed by atoms with van der Waals surface area (Å²) in [4.78, 5) is 4.74. The zero-order valence-corrected chi connectivity index (χ0v) is 15.7. The first-order chi connectivity index (χ1) is 12.7. The number of aliphatic hydroxyl groups is 1. The quantitative estimate of drug-likeness (QED) is 0.579. The molecule has 26 heavy (non-hydrogen) atoms. The Balaban J connectivity index is 1.57. The summed E-state index contributed by atoms with van der Waals surface area (Å²) in [5, 5.41) is 9.13. The van der Waals surface area contributed by atoms with E-state index in [1.807, 2.05) is 6.07 Å². The van der Waals surface area contributed by atoms with Crippen molar-refractivity contribution in [1.29, 1.82) is 0 Å². The van der Waals surface area contributed by atoms with Gasteiger partial charge in [0.05, 0.1) is 17.6 Å². The highest BCUT2D eigenvalue weighted by atomic mass is 16.5. The zero-order valence-electron chi connectivity index (χ0n) is 15.7. The van der Waals surface area contributed by atoms with Gasteiger partial charge in [-0.25, -0.2) is 4.98 Å². The highest BCUT2D eigenvalue weighted by molar-refractivity contribution is 5.75. The fourth-order valence-corrected chi connectivity index (χ4v) is 3.32. The van der Waals surface area contributed by atoms with Crippen LogP contribution in [0.1, 0.15) is 36.2 Å². The number of ether oxygens (including phenoxy) is 1. The van der Waals surface area contributed by atoms with E-state index in [1.165, 1.54) is 16.6 Å². The Morgan fingerprint density at radius 3 is 2.69 bits per heavy atom. The molecule has 3 aromatic rings. The molecule has 0 aliphatic rings. The van der Waals surface area contributed by atoms with Gasteiger partial charge in [-0.15, -0.1) is 0 Å². The molecule has 0 saturated carbocycles. The molecule has 1 aromatic heterocycles. The largest absolute Gasteiger partial charge is 0.493 e. The van der Waals surface area contributed by atoms with Crippen molar-refractivity contribution in [3.8, 4) is 5.75 Å². The number of fused-ring (bicyclic) bond motifs is 1.